The molecular formula is C14H13ClN2O2. The molecule has 0 fully saturated rings. The molecule has 0 aliphatic rings. The topological polar surface area (TPSA) is 64.3 Å². The Kier molecular flexibility index (Phi) is 3.92. The summed E-state index contributed by atoms with van der Waals surface area (Å²) in [5, 5.41) is 3.13. The fourth-order valence-electron chi connectivity index (χ4n) is 1.55. The SMILES string of the molecule is COc1ccc(NC(=O)c2ccc(N)c(Cl)c2)cc1. The minimum atomic E-state index is -0.243. The van der Waals surface area contributed by atoms with Gasteiger partial charge in [0, 0.05) is 11.3 Å². The molecular weight excluding hydrogens is 264 g/mol. The summed E-state index contributed by atoms with van der Waals surface area (Å²) >= 11 is 5.88. The monoisotopic (exact) mass is 276 g/mol. The lowest BCUT2D eigenvalue weighted by Gasteiger charge is -2.07. The molecule has 0 bridgehead atoms. The van der Waals surface area contributed by atoms with Crippen LogP contribution in [0.4, 0.5) is 11.4 Å². The second-order valence-electron chi connectivity index (χ2n) is 3.92. The van der Waals surface area contributed by atoms with Crippen LogP contribution in [0.2, 0.25) is 5.02 Å². The standard InChI is InChI=1S/C14H13ClN2O2/c1-19-11-5-3-10(4-6-11)17-14(18)9-2-7-13(16)12(15)8-9/h2-8H,16H2,1H3,(H,17,18). The number of methoxy groups -OCH3 is 1. The van der Waals surface area contributed by atoms with Crippen molar-refractivity contribution in [3.8, 4) is 5.75 Å². The average molecular weight is 277 g/mol. The number of nitrogen functional groups attached to an aromatic ring is 1. The summed E-state index contributed by atoms with van der Waals surface area (Å²) in [5.74, 6) is 0.487. The third-order valence-corrected chi connectivity index (χ3v) is 2.94. The smallest absolute Gasteiger partial charge is 0.255 e. The predicted octanol–water partition coefficient (Wildman–Crippen LogP) is 3.18. The third kappa shape index (κ3) is 3.17. The van der Waals surface area contributed by atoms with Crippen LogP contribution < -0.4 is 15.8 Å². The number of nitrogens with two attached hydrogens (primary N) is 1. The summed E-state index contributed by atoms with van der Waals surface area (Å²) in [6.07, 6.45) is 0. The van der Waals surface area contributed by atoms with E-state index in [1.165, 1.54) is 6.07 Å². The minimum absolute atomic E-state index is 0.243. The number of halogens is 1. The van der Waals surface area contributed by atoms with Gasteiger partial charge in [-0.25, -0.2) is 0 Å². The Bertz CT molecular complexity index is 597. The highest BCUT2D eigenvalue weighted by Gasteiger charge is 2.08. The highest BCUT2D eigenvalue weighted by molar-refractivity contribution is 6.33. The normalized spacial score (nSPS) is 10.0. The van der Waals surface area contributed by atoms with Crippen LogP contribution in [0.3, 0.4) is 0 Å². The number of ether oxygens (including phenoxy) is 1. The summed E-state index contributed by atoms with van der Waals surface area (Å²) in [5.41, 5.74) is 7.18. The molecule has 2 aromatic carbocycles. The number of amides is 1. The van der Waals surface area contributed by atoms with Crippen molar-refractivity contribution >= 4 is 28.9 Å². The molecule has 0 aliphatic carbocycles. The Labute approximate surface area is 116 Å². The van der Waals surface area contributed by atoms with Gasteiger partial charge >= 0.3 is 0 Å². The minimum Gasteiger partial charge on any atom is -0.497 e. The van der Waals surface area contributed by atoms with E-state index in [1.807, 2.05) is 0 Å². The first kappa shape index (κ1) is 13.2. The maximum Gasteiger partial charge on any atom is 0.255 e. The van der Waals surface area contributed by atoms with Crippen molar-refractivity contribution in [2.45, 2.75) is 0 Å². The summed E-state index contributed by atoms with van der Waals surface area (Å²) in [7, 11) is 1.59. The molecule has 0 spiro atoms. The average Bonchev–Trinajstić information content (AvgIpc) is 2.42. The van der Waals surface area contributed by atoms with Crippen molar-refractivity contribution in [1.82, 2.24) is 0 Å². The van der Waals surface area contributed by atoms with E-state index < -0.39 is 0 Å². The quantitative estimate of drug-likeness (QED) is 0.846. The second kappa shape index (κ2) is 5.63. The fraction of sp³-hybridized carbons (Fsp3) is 0.0714. The summed E-state index contributed by atoms with van der Waals surface area (Å²) in [6.45, 7) is 0. The van der Waals surface area contributed by atoms with Gasteiger partial charge < -0.3 is 15.8 Å². The highest BCUT2D eigenvalue weighted by Crippen LogP contribution is 2.21. The first-order valence-electron chi connectivity index (χ1n) is 5.60. The Morgan fingerprint density at radius 3 is 2.47 bits per heavy atom. The van der Waals surface area contributed by atoms with E-state index in [9.17, 15) is 4.79 Å². The first-order valence-corrected chi connectivity index (χ1v) is 5.98. The van der Waals surface area contributed by atoms with E-state index in [4.69, 9.17) is 22.1 Å². The molecule has 19 heavy (non-hydrogen) atoms. The van der Waals surface area contributed by atoms with Crippen molar-refractivity contribution in [3.63, 3.8) is 0 Å². The molecule has 5 heteroatoms. The van der Waals surface area contributed by atoms with Crippen molar-refractivity contribution in [2.24, 2.45) is 0 Å². The molecule has 0 unspecified atom stereocenters. The van der Waals surface area contributed by atoms with Gasteiger partial charge in [0.1, 0.15) is 5.75 Å². The second-order valence-corrected chi connectivity index (χ2v) is 4.33. The van der Waals surface area contributed by atoms with Crippen LogP contribution in [-0.2, 0) is 0 Å². The molecule has 98 valence electrons. The van der Waals surface area contributed by atoms with Gasteiger partial charge in [-0.2, -0.15) is 0 Å². The maximum atomic E-state index is 12.0. The number of hydrogen-bond donors (Lipinski definition) is 2. The van der Waals surface area contributed by atoms with E-state index in [0.717, 1.165) is 5.75 Å². The molecule has 3 N–H and O–H groups in total. The van der Waals surface area contributed by atoms with E-state index >= 15 is 0 Å². The zero-order valence-corrected chi connectivity index (χ0v) is 11.1. The molecule has 0 radical (unpaired) electrons. The van der Waals surface area contributed by atoms with Gasteiger partial charge in [0.2, 0.25) is 0 Å². The van der Waals surface area contributed by atoms with Gasteiger partial charge in [-0.3, -0.25) is 4.79 Å². The Morgan fingerprint density at radius 2 is 1.89 bits per heavy atom. The van der Waals surface area contributed by atoms with Crippen LogP contribution in [0.25, 0.3) is 0 Å². The van der Waals surface area contributed by atoms with Crippen LogP contribution in [0.1, 0.15) is 10.4 Å². The highest BCUT2D eigenvalue weighted by atomic mass is 35.5. The van der Waals surface area contributed by atoms with E-state index in [2.05, 4.69) is 5.32 Å². The van der Waals surface area contributed by atoms with Crippen LogP contribution in [-0.4, -0.2) is 13.0 Å². The molecule has 0 atom stereocenters. The number of carbonyl (C=O) groups is 1. The largest absolute Gasteiger partial charge is 0.497 e. The third-order valence-electron chi connectivity index (χ3n) is 2.61. The fourth-order valence-corrected chi connectivity index (χ4v) is 1.73. The van der Waals surface area contributed by atoms with Crippen LogP contribution in [0.5, 0.6) is 5.75 Å². The number of benzene rings is 2. The van der Waals surface area contributed by atoms with Gasteiger partial charge in [0.05, 0.1) is 17.8 Å². The van der Waals surface area contributed by atoms with Crippen LogP contribution in [0, 0.1) is 0 Å². The lowest BCUT2D eigenvalue weighted by molar-refractivity contribution is 0.102. The molecule has 0 aliphatic heterocycles. The van der Waals surface area contributed by atoms with Gasteiger partial charge in [-0.1, -0.05) is 11.6 Å². The Hall–Kier alpha value is -2.20. The number of anilines is 2. The summed E-state index contributed by atoms with van der Waals surface area (Å²) in [6, 6.07) is 11.8. The summed E-state index contributed by atoms with van der Waals surface area (Å²) < 4.78 is 5.04. The molecule has 2 rings (SSSR count). The molecule has 0 aromatic heterocycles. The van der Waals surface area contributed by atoms with Crippen LogP contribution >= 0.6 is 11.6 Å². The Balaban J connectivity index is 2.13. The van der Waals surface area contributed by atoms with Crippen LogP contribution in [0.15, 0.2) is 42.5 Å². The van der Waals surface area contributed by atoms with Crippen molar-refractivity contribution < 1.29 is 9.53 Å². The van der Waals surface area contributed by atoms with Gasteiger partial charge in [-0.05, 0) is 42.5 Å². The molecule has 0 saturated carbocycles. The molecule has 1 amide bonds. The zero-order chi connectivity index (χ0) is 13.8. The van der Waals surface area contributed by atoms with E-state index in [0.29, 0.717) is 22.0 Å². The molecule has 4 nitrogen and oxygen atoms in total. The Morgan fingerprint density at radius 1 is 1.21 bits per heavy atom. The maximum absolute atomic E-state index is 12.0. The van der Waals surface area contributed by atoms with Crippen molar-refractivity contribution in [2.75, 3.05) is 18.2 Å². The molecule has 2 aromatic rings. The molecule has 0 saturated heterocycles. The molecule has 0 heterocycles. The lowest BCUT2D eigenvalue weighted by atomic mass is 10.2. The number of rotatable bonds is 3. The van der Waals surface area contributed by atoms with Crippen molar-refractivity contribution in [1.29, 1.82) is 0 Å². The number of nitrogens with one attached hydrogen (secondary N) is 1. The summed E-state index contributed by atoms with van der Waals surface area (Å²) in [4.78, 5) is 12.0. The first-order chi connectivity index (χ1) is 9.10. The van der Waals surface area contributed by atoms with E-state index in [-0.39, 0.29) is 5.91 Å². The van der Waals surface area contributed by atoms with Gasteiger partial charge in [-0.15, -0.1) is 0 Å². The number of hydrogen-bond acceptors (Lipinski definition) is 3. The number of carbonyl (C=O) groups excluding carboxylic acids is 1. The zero-order valence-electron chi connectivity index (χ0n) is 10.3. The lowest BCUT2D eigenvalue weighted by Crippen LogP contribution is -2.11. The predicted molar refractivity (Wildman–Crippen MR) is 76.8 cm³/mol. The van der Waals surface area contributed by atoms with E-state index in [1.54, 1.807) is 43.5 Å². The van der Waals surface area contributed by atoms with Gasteiger partial charge in [0.15, 0.2) is 0 Å². The van der Waals surface area contributed by atoms with Crippen molar-refractivity contribution in [3.05, 3.63) is 53.1 Å². The van der Waals surface area contributed by atoms with Gasteiger partial charge in [0.25, 0.3) is 5.91 Å².